The number of hydrogen-bond donors (Lipinski definition) is 2. The number of hydrogen-bond acceptors (Lipinski definition) is 4. The zero-order chi connectivity index (χ0) is 17.2. The predicted octanol–water partition coefficient (Wildman–Crippen LogP) is 4.03. The molecule has 5 heteroatoms. The fraction of sp³-hybridized carbons (Fsp3) is 0.450. The lowest BCUT2D eigenvalue weighted by molar-refractivity contribution is 0.298. The summed E-state index contributed by atoms with van der Waals surface area (Å²) < 4.78 is 0. The molecule has 0 spiro atoms. The van der Waals surface area contributed by atoms with Gasteiger partial charge >= 0.3 is 0 Å². The largest absolute Gasteiger partial charge is 0.371 e. The van der Waals surface area contributed by atoms with Crippen molar-refractivity contribution in [3.63, 3.8) is 0 Å². The third kappa shape index (κ3) is 3.58. The molecule has 2 aliphatic rings. The number of anilines is 2. The molecule has 25 heavy (non-hydrogen) atoms. The van der Waals surface area contributed by atoms with Crippen molar-refractivity contribution in [2.24, 2.45) is 0 Å². The second kappa shape index (κ2) is 7.18. The van der Waals surface area contributed by atoms with E-state index in [-0.39, 0.29) is 0 Å². The molecule has 2 N–H and O–H groups in total. The first-order valence-electron chi connectivity index (χ1n) is 9.18. The van der Waals surface area contributed by atoms with Crippen LogP contribution in [0, 0.1) is 5.41 Å². The van der Waals surface area contributed by atoms with Crippen LogP contribution < -0.4 is 10.2 Å². The first-order chi connectivity index (χ1) is 12.2. The van der Waals surface area contributed by atoms with Gasteiger partial charge in [-0.25, -0.2) is 0 Å². The summed E-state index contributed by atoms with van der Waals surface area (Å²) in [6, 6.07) is 11.3. The minimum absolute atomic E-state index is 0.479. The van der Waals surface area contributed by atoms with Crippen LogP contribution in [0.25, 0.3) is 0 Å². The van der Waals surface area contributed by atoms with Gasteiger partial charge < -0.3 is 15.1 Å². The Morgan fingerprint density at radius 3 is 3.00 bits per heavy atom. The summed E-state index contributed by atoms with van der Waals surface area (Å²) in [4.78, 5) is 6.01. The minimum atomic E-state index is 0.479. The molecule has 0 aliphatic carbocycles. The van der Waals surface area contributed by atoms with Crippen LogP contribution in [0.1, 0.15) is 29.7 Å². The lowest BCUT2D eigenvalue weighted by atomic mass is 10.1. The maximum absolute atomic E-state index is 8.23. The van der Waals surface area contributed by atoms with E-state index in [0.717, 1.165) is 36.1 Å². The van der Waals surface area contributed by atoms with Gasteiger partial charge in [0.2, 0.25) is 0 Å². The zero-order valence-corrected chi connectivity index (χ0v) is 15.6. The second-order valence-corrected chi connectivity index (χ2v) is 8.07. The number of likely N-dealkylation sites (tertiary alicyclic amines) is 1. The van der Waals surface area contributed by atoms with Crippen LogP contribution >= 0.6 is 11.3 Å². The maximum atomic E-state index is 8.23. The summed E-state index contributed by atoms with van der Waals surface area (Å²) in [5.74, 6) is 0.479. The molecule has 4 rings (SSSR count). The van der Waals surface area contributed by atoms with Crippen molar-refractivity contribution in [3.05, 3.63) is 46.2 Å². The molecule has 0 radical (unpaired) electrons. The molecule has 1 fully saturated rings. The highest BCUT2D eigenvalue weighted by atomic mass is 32.1. The molecule has 3 heterocycles. The molecule has 2 aromatic rings. The Balaban J connectivity index is 1.43. The number of benzene rings is 1. The first-order valence-corrected chi connectivity index (χ1v) is 10.1. The molecule has 2 aliphatic heterocycles. The van der Waals surface area contributed by atoms with Gasteiger partial charge in [0.05, 0.1) is 4.88 Å². The van der Waals surface area contributed by atoms with E-state index in [2.05, 4.69) is 40.4 Å². The third-order valence-corrected chi connectivity index (χ3v) is 6.41. The third-order valence-electron chi connectivity index (χ3n) is 5.52. The van der Waals surface area contributed by atoms with E-state index in [4.69, 9.17) is 5.41 Å². The number of nitrogens with zero attached hydrogens (tertiary/aromatic N) is 2. The van der Waals surface area contributed by atoms with Crippen molar-refractivity contribution in [3.8, 4) is 0 Å². The molecule has 132 valence electrons. The van der Waals surface area contributed by atoms with E-state index in [0.29, 0.717) is 5.84 Å². The molecule has 1 saturated heterocycles. The fourth-order valence-corrected chi connectivity index (χ4v) is 4.66. The van der Waals surface area contributed by atoms with Crippen LogP contribution in [-0.4, -0.2) is 43.5 Å². The Morgan fingerprint density at radius 1 is 1.32 bits per heavy atom. The van der Waals surface area contributed by atoms with Gasteiger partial charge in [0.15, 0.2) is 0 Å². The van der Waals surface area contributed by atoms with E-state index in [1.165, 1.54) is 37.1 Å². The van der Waals surface area contributed by atoms with E-state index in [1.54, 1.807) is 11.3 Å². The number of fused-ring (bicyclic) bond motifs is 1. The number of rotatable bonds is 5. The first kappa shape index (κ1) is 16.6. The summed E-state index contributed by atoms with van der Waals surface area (Å²) in [5.41, 5.74) is 3.81. The van der Waals surface area contributed by atoms with Gasteiger partial charge in [0, 0.05) is 30.5 Å². The minimum Gasteiger partial charge on any atom is -0.371 e. The lowest BCUT2D eigenvalue weighted by Gasteiger charge is -2.25. The van der Waals surface area contributed by atoms with Crippen molar-refractivity contribution in [1.82, 2.24) is 4.90 Å². The fourth-order valence-electron chi connectivity index (χ4n) is 4.03. The average molecular weight is 355 g/mol. The Hall–Kier alpha value is -1.85. The molecular formula is C20H26N4S. The van der Waals surface area contributed by atoms with Crippen molar-refractivity contribution < 1.29 is 0 Å². The Kier molecular flexibility index (Phi) is 4.77. The topological polar surface area (TPSA) is 42.4 Å². The van der Waals surface area contributed by atoms with Crippen LogP contribution in [0.15, 0.2) is 35.7 Å². The highest BCUT2D eigenvalue weighted by molar-refractivity contribution is 7.12. The van der Waals surface area contributed by atoms with Crippen molar-refractivity contribution >= 4 is 28.5 Å². The molecule has 0 bridgehead atoms. The number of nitrogens with one attached hydrogen (secondary N) is 2. The van der Waals surface area contributed by atoms with Gasteiger partial charge in [0.25, 0.3) is 0 Å². The second-order valence-electron chi connectivity index (χ2n) is 7.12. The summed E-state index contributed by atoms with van der Waals surface area (Å²) in [7, 11) is 2.26. The monoisotopic (exact) mass is 354 g/mol. The molecule has 0 unspecified atom stereocenters. The summed E-state index contributed by atoms with van der Waals surface area (Å²) >= 11 is 1.60. The van der Waals surface area contributed by atoms with Crippen LogP contribution in [-0.2, 0) is 6.42 Å². The highest BCUT2D eigenvalue weighted by Crippen LogP contribution is 2.32. The Labute approximate surface area is 154 Å². The van der Waals surface area contributed by atoms with Crippen molar-refractivity contribution in [2.75, 3.05) is 36.9 Å². The van der Waals surface area contributed by atoms with Gasteiger partial charge in [-0.3, -0.25) is 5.41 Å². The van der Waals surface area contributed by atoms with Gasteiger partial charge in [-0.2, -0.15) is 0 Å². The Bertz CT molecular complexity index is 740. The van der Waals surface area contributed by atoms with Gasteiger partial charge in [-0.1, -0.05) is 12.1 Å². The molecule has 0 amide bonds. The smallest absolute Gasteiger partial charge is 0.140 e. The molecule has 1 aromatic heterocycles. The van der Waals surface area contributed by atoms with Crippen molar-refractivity contribution in [2.45, 2.75) is 31.7 Å². The van der Waals surface area contributed by atoms with Gasteiger partial charge in [-0.15, -0.1) is 11.3 Å². The molecule has 1 atom stereocenters. The normalized spacial score (nSPS) is 20.0. The lowest BCUT2D eigenvalue weighted by Crippen LogP contribution is -2.31. The van der Waals surface area contributed by atoms with E-state index < -0.39 is 0 Å². The molecule has 0 saturated carbocycles. The standard InChI is InChI=1S/C20H26N4S/c1-23-10-2-4-17(23)9-12-24-11-8-15-6-7-16(14-18(15)24)22-20(21)19-5-3-13-25-19/h3,5-7,13-14,17H,2,4,8-12H2,1H3,(H2,21,22)/t17-/m0/s1. The average Bonchev–Trinajstić information content (AvgIpc) is 3.34. The molecular weight excluding hydrogens is 328 g/mol. The quantitative estimate of drug-likeness (QED) is 0.629. The van der Waals surface area contributed by atoms with E-state index >= 15 is 0 Å². The SMILES string of the molecule is CN1CCC[C@H]1CCN1CCc2ccc(NC(=N)c3cccs3)cc21. The van der Waals surface area contributed by atoms with Crippen LogP contribution in [0.5, 0.6) is 0 Å². The van der Waals surface area contributed by atoms with E-state index in [9.17, 15) is 0 Å². The predicted molar refractivity (Wildman–Crippen MR) is 107 cm³/mol. The van der Waals surface area contributed by atoms with Crippen LogP contribution in [0.2, 0.25) is 0 Å². The highest BCUT2D eigenvalue weighted by Gasteiger charge is 2.24. The van der Waals surface area contributed by atoms with Gasteiger partial charge in [-0.05, 0) is 68.4 Å². The number of amidine groups is 1. The van der Waals surface area contributed by atoms with Crippen LogP contribution in [0.3, 0.4) is 0 Å². The zero-order valence-electron chi connectivity index (χ0n) is 14.8. The molecule has 1 aromatic carbocycles. The number of thiophene rings is 1. The maximum Gasteiger partial charge on any atom is 0.140 e. The Morgan fingerprint density at radius 2 is 2.24 bits per heavy atom. The summed E-state index contributed by atoms with van der Waals surface area (Å²) in [6.07, 6.45) is 5.07. The summed E-state index contributed by atoms with van der Waals surface area (Å²) in [6.45, 7) is 3.51. The van der Waals surface area contributed by atoms with Crippen LogP contribution in [0.4, 0.5) is 11.4 Å². The summed E-state index contributed by atoms with van der Waals surface area (Å²) in [5, 5.41) is 13.5. The van der Waals surface area contributed by atoms with E-state index in [1.807, 2.05) is 17.5 Å². The van der Waals surface area contributed by atoms with Gasteiger partial charge in [0.1, 0.15) is 5.84 Å². The van der Waals surface area contributed by atoms with Crippen molar-refractivity contribution in [1.29, 1.82) is 5.41 Å². The molecule has 4 nitrogen and oxygen atoms in total.